The van der Waals surface area contributed by atoms with Gasteiger partial charge in [-0.05, 0) is 49.2 Å². The quantitative estimate of drug-likeness (QED) is 0.431. The molecule has 1 amide bonds. The molecule has 0 fully saturated rings. The number of carboxylic acids is 1. The van der Waals surface area contributed by atoms with Gasteiger partial charge >= 0.3 is 5.97 Å². The Labute approximate surface area is 201 Å². The number of halogens is 2. The second-order valence-electron chi connectivity index (χ2n) is 6.98. The van der Waals surface area contributed by atoms with Crippen LogP contribution in [0.3, 0.4) is 0 Å². The van der Waals surface area contributed by atoms with Crippen LogP contribution >= 0.6 is 23.2 Å². The third-order valence-corrected chi connectivity index (χ3v) is 5.42. The van der Waals surface area contributed by atoms with Crippen LogP contribution in [0.1, 0.15) is 29.3 Å². The number of hydrogen-bond acceptors (Lipinski definition) is 5. The lowest BCUT2D eigenvalue weighted by Crippen LogP contribution is -2.40. The van der Waals surface area contributed by atoms with E-state index in [9.17, 15) is 14.7 Å². The highest BCUT2D eigenvalue weighted by Gasteiger charge is 2.22. The number of aromatic nitrogens is 2. The van der Waals surface area contributed by atoms with Crippen molar-refractivity contribution in [3.05, 3.63) is 88.2 Å². The summed E-state index contributed by atoms with van der Waals surface area (Å²) in [5.41, 5.74) is 1.87. The molecule has 9 heteroatoms. The van der Waals surface area contributed by atoms with Crippen molar-refractivity contribution in [3.8, 4) is 0 Å². The summed E-state index contributed by atoms with van der Waals surface area (Å²) in [6.45, 7) is 2.72. The normalized spacial score (nSPS) is 11.8. The Kier molecular flexibility index (Phi) is 8.40. The fraction of sp³-hybridized carbons (Fsp3) is 0.167. The summed E-state index contributed by atoms with van der Waals surface area (Å²) in [6.07, 6.45) is 6.96. The minimum atomic E-state index is -1.16. The van der Waals surface area contributed by atoms with E-state index in [0.29, 0.717) is 12.5 Å². The first kappa shape index (κ1) is 24.2. The number of carbonyl (C=O) groups is 2. The summed E-state index contributed by atoms with van der Waals surface area (Å²) in [6, 6.07) is 13.0. The van der Waals surface area contributed by atoms with Crippen molar-refractivity contribution >= 4 is 52.8 Å². The van der Waals surface area contributed by atoms with E-state index in [4.69, 9.17) is 23.2 Å². The molecule has 1 aromatic heterocycles. The van der Waals surface area contributed by atoms with Crippen molar-refractivity contribution < 1.29 is 14.7 Å². The van der Waals surface area contributed by atoms with E-state index in [1.165, 1.54) is 12.1 Å². The molecular weight excluding hydrogens is 463 g/mol. The molecule has 2 N–H and O–H groups in total. The Morgan fingerprint density at radius 1 is 1.06 bits per heavy atom. The van der Waals surface area contributed by atoms with Crippen molar-refractivity contribution in [2.24, 2.45) is 0 Å². The first-order valence-electron chi connectivity index (χ1n) is 10.2. The third-order valence-electron chi connectivity index (χ3n) is 4.79. The molecule has 0 aliphatic heterocycles. The maximum Gasteiger partial charge on any atom is 0.326 e. The zero-order valence-electron chi connectivity index (χ0n) is 17.8. The van der Waals surface area contributed by atoms with Gasteiger partial charge in [-0.2, -0.15) is 0 Å². The van der Waals surface area contributed by atoms with E-state index in [1.54, 1.807) is 36.7 Å². The number of anilines is 2. The Bertz CT molecular complexity index is 1120. The number of carbonyl (C=O) groups excluding carboxylic acids is 1. The molecule has 33 heavy (non-hydrogen) atoms. The standard InChI is InChI=1S/C24H22Cl2N4O3/c1-2-30(24-27-14-5-15-28-24)17-12-10-16(11-13-17)6-3-9-20(23(32)33)29-22(31)21-18(25)7-4-8-19(21)26/h3-8,10-15,20H,2,9H2,1H3,(H,29,31)(H,32,33). The van der Waals surface area contributed by atoms with Crippen LogP contribution in [0, 0.1) is 0 Å². The van der Waals surface area contributed by atoms with Crippen LogP contribution in [0.25, 0.3) is 6.08 Å². The molecule has 0 saturated heterocycles. The summed E-state index contributed by atoms with van der Waals surface area (Å²) in [5.74, 6) is -1.19. The van der Waals surface area contributed by atoms with Gasteiger partial charge in [0.2, 0.25) is 5.95 Å². The number of hydrogen-bond donors (Lipinski definition) is 2. The van der Waals surface area contributed by atoms with Gasteiger partial charge in [-0.25, -0.2) is 14.8 Å². The van der Waals surface area contributed by atoms with E-state index >= 15 is 0 Å². The minimum Gasteiger partial charge on any atom is -0.480 e. The smallest absolute Gasteiger partial charge is 0.326 e. The molecule has 3 rings (SSSR count). The zero-order valence-corrected chi connectivity index (χ0v) is 19.3. The molecule has 1 atom stereocenters. The van der Waals surface area contributed by atoms with E-state index in [0.717, 1.165) is 11.3 Å². The van der Waals surface area contributed by atoms with Crippen LogP contribution in [0.5, 0.6) is 0 Å². The highest BCUT2D eigenvalue weighted by molar-refractivity contribution is 6.39. The number of aliphatic carboxylic acids is 1. The molecule has 0 bridgehead atoms. The largest absolute Gasteiger partial charge is 0.480 e. The predicted octanol–water partition coefficient (Wildman–Crippen LogP) is 5.23. The number of nitrogens with one attached hydrogen (secondary N) is 1. The monoisotopic (exact) mass is 484 g/mol. The third kappa shape index (κ3) is 6.31. The molecule has 0 spiro atoms. The topological polar surface area (TPSA) is 95.4 Å². The predicted molar refractivity (Wildman–Crippen MR) is 130 cm³/mol. The summed E-state index contributed by atoms with van der Waals surface area (Å²) in [4.78, 5) is 34.7. The van der Waals surface area contributed by atoms with E-state index < -0.39 is 17.9 Å². The lowest BCUT2D eigenvalue weighted by Gasteiger charge is -2.20. The molecule has 3 aromatic rings. The van der Waals surface area contributed by atoms with Gasteiger partial charge in [0.05, 0.1) is 15.6 Å². The molecule has 1 unspecified atom stereocenters. The minimum absolute atomic E-state index is 0.0505. The van der Waals surface area contributed by atoms with Crippen molar-refractivity contribution in [3.63, 3.8) is 0 Å². The van der Waals surface area contributed by atoms with Gasteiger partial charge in [0, 0.05) is 24.6 Å². The van der Waals surface area contributed by atoms with Gasteiger partial charge in [0.15, 0.2) is 0 Å². The van der Waals surface area contributed by atoms with E-state index in [2.05, 4.69) is 15.3 Å². The van der Waals surface area contributed by atoms with Crippen molar-refractivity contribution in [2.75, 3.05) is 11.4 Å². The first-order chi connectivity index (χ1) is 15.9. The Balaban J connectivity index is 1.66. The van der Waals surface area contributed by atoms with Gasteiger partial charge in [-0.15, -0.1) is 0 Å². The molecule has 7 nitrogen and oxygen atoms in total. The number of amides is 1. The zero-order chi connectivity index (χ0) is 23.8. The van der Waals surface area contributed by atoms with E-state index in [-0.39, 0.29) is 22.0 Å². The van der Waals surface area contributed by atoms with Gasteiger partial charge in [-0.1, -0.05) is 53.6 Å². The van der Waals surface area contributed by atoms with Gasteiger partial charge < -0.3 is 15.3 Å². The van der Waals surface area contributed by atoms with Crippen LogP contribution in [0.2, 0.25) is 10.0 Å². The van der Waals surface area contributed by atoms with Gasteiger partial charge in [0.25, 0.3) is 5.91 Å². The van der Waals surface area contributed by atoms with Crippen LogP contribution in [0.15, 0.2) is 67.0 Å². The highest BCUT2D eigenvalue weighted by atomic mass is 35.5. The highest BCUT2D eigenvalue weighted by Crippen LogP contribution is 2.24. The molecule has 0 saturated carbocycles. The van der Waals surface area contributed by atoms with Crippen molar-refractivity contribution in [2.45, 2.75) is 19.4 Å². The Hall–Kier alpha value is -3.42. The summed E-state index contributed by atoms with van der Waals surface area (Å²) >= 11 is 12.1. The molecule has 0 aliphatic rings. The molecule has 1 heterocycles. The molecule has 0 radical (unpaired) electrons. The van der Waals surface area contributed by atoms with Gasteiger partial charge in [0.1, 0.15) is 6.04 Å². The second-order valence-corrected chi connectivity index (χ2v) is 7.80. The average Bonchev–Trinajstić information content (AvgIpc) is 2.80. The molecule has 0 aliphatic carbocycles. The van der Waals surface area contributed by atoms with Crippen molar-refractivity contribution in [1.29, 1.82) is 0 Å². The number of benzene rings is 2. The maximum absolute atomic E-state index is 12.5. The molecule has 170 valence electrons. The van der Waals surface area contributed by atoms with Crippen LogP contribution in [-0.2, 0) is 4.79 Å². The summed E-state index contributed by atoms with van der Waals surface area (Å²) in [7, 11) is 0. The van der Waals surface area contributed by atoms with Crippen molar-refractivity contribution in [1.82, 2.24) is 15.3 Å². The Morgan fingerprint density at radius 3 is 2.27 bits per heavy atom. The van der Waals surface area contributed by atoms with Gasteiger partial charge in [-0.3, -0.25) is 4.79 Å². The van der Waals surface area contributed by atoms with E-state index in [1.807, 2.05) is 36.1 Å². The average molecular weight is 485 g/mol. The lowest BCUT2D eigenvalue weighted by molar-refractivity contribution is -0.139. The van der Waals surface area contributed by atoms with Crippen LogP contribution in [0.4, 0.5) is 11.6 Å². The number of rotatable bonds is 9. The number of nitrogens with zero attached hydrogens (tertiary/aromatic N) is 3. The molecule has 2 aromatic carbocycles. The summed E-state index contributed by atoms with van der Waals surface area (Å²) < 4.78 is 0. The molecular formula is C24H22Cl2N4O3. The van der Waals surface area contributed by atoms with Crippen LogP contribution in [-0.4, -0.2) is 39.5 Å². The lowest BCUT2D eigenvalue weighted by atomic mass is 10.1. The Morgan fingerprint density at radius 2 is 1.70 bits per heavy atom. The number of carboxylic acid groups (broad SMARTS) is 1. The fourth-order valence-electron chi connectivity index (χ4n) is 3.14. The van der Waals surface area contributed by atoms with Crippen LogP contribution < -0.4 is 10.2 Å². The second kappa shape index (κ2) is 11.4. The first-order valence-corrected chi connectivity index (χ1v) is 10.9. The fourth-order valence-corrected chi connectivity index (χ4v) is 3.71. The summed E-state index contributed by atoms with van der Waals surface area (Å²) in [5, 5.41) is 12.3. The maximum atomic E-state index is 12.5. The SMILES string of the molecule is CCN(c1ccc(C=CCC(NC(=O)c2c(Cl)cccc2Cl)C(=O)O)cc1)c1ncccn1.